The van der Waals surface area contributed by atoms with Crippen LogP contribution >= 0.6 is 0 Å². The Bertz CT molecular complexity index is 1080. The van der Waals surface area contributed by atoms with Gasteiger partial charge in [-0.25, -0.2) is 0 Å². The molecule has 180 valence electrons. The van der Waals surface area contributed by atoms with E-state index in [-0.39, 0.29) is 12.0 Å². The number of piperazine rings is 1. The molecular formula is C27H34N4O3. The summed E-state index contributed by atoms with van der Waals surface area (Å²) in [4.78, 5) is 17.1. The van der Waals surface area contributed by atoms with Crippen LogP contribution in [-0.4, -0.2) is 65.3 Å². The van der Waals surface area contributed by atoms with Gasteiger partial charge in [-0.3, -0.25) is 14.4 Å². The maximum atomic E-state index is 12.9. The molecule has 1 aliphatic rings. The van der Waals surface area contributed by atoms with E-state index in [1.165, 1.54) is 5.56 Å². The molecule has 2 aromatic carbocycles. The second-order valence-corrected chi connectivity index (χ2v) is 8.95. The van der Waals surface area contributed by atoms with Gasteiger partial charge in [0, 0.05) is 45.5 Å². The molecule has 0 aliphatic carbocycles. The third-order valence-electron chi connectivity index (χ3n) is 6.45. The average molecular weight is 463 g/mol. The molecule has 0 N–H and O–H groups in total. The van der Waals surface area contributed by atoms with E-state index in [9.17, 15) is 4.79 Å². The Morgan fingerprint density at radius 2 is 1.76 bits per heavy atom. The first-order valence-corrected chi connectivity index (χ1v) is 11.8. The first-order valence-electron chi connectivity index (χ1n) is 11.8. The van der Waals surface area contributed by atoms with Gasteiger partial charge in [-0.15, -0.1) is 0 Å². The first-order chi connectivity index (χ1) is 16.4. The van der Waals surface area contributed by atoms with Crippen molar-refractivity contribution >= 4 is 5.91 Å². The van der Waals surface area contributed by atoms with Crippen LogP contribution in [0, 0.1) is 13.8 Å². The van der Waals surface area contributed by atoms with Crippen molar-refractivity contribution in [2.75, 3.05) is 39.8 Å². The van der Waals surface area contributed by atoms with Crippen LogP contribution in [-0.2, 0) is 18.4 Å². The summed E-state index contributed by atoms with van der Waals surface area (Å²) in [5.74, 6) is 0.825. The lowest BCUT2D eigenvalue weighted by Gasteiger charge is -2.36. The molecule has 0 radical (unpaired) electrons. The number of aryl methyl sites for hydroxylation is 3. The molecule has 1 aliphatic heterocycles. The highest BCUT2D eigenvalue weighted by Gasteiger charge is 2.26. The summed E-state index contributed by atoms with van der Waals surface area (Å²) in [5, 5.41) is 4.35. The van der Waals surface area contributed by atoms with Crippen molar-refractivity contribution in [3.8, 4) is 5.75 Å². The monoisotopic (exact) mass is 462 g/mol. The predicted molar refractivity (Wildman–Crippen MR) is 132 cm³/mol. The average Bonchev–Trinajstić information content (AvgIpc) is 3.20. The van der Waals surface area contributed by atoms with Gasteiger partial charge in [-0.05, 0) is 43.2 Å². The summed E-state index contributed by atoms with van der Waals surface area (Å²) in [6.45, 7) is 8.29. The lowest BCUT2D eigenvalue weighted by Crippen LogP contribution is -2.49. The number of hydrogen-bond acceptors (Lipinski definition) is 5. The van der Waals surface area contributed by atoms with Gasteiger partial charge in [0.05, 0.1) is 19.8 Å². The van der Waals surface area contributed by atoms with Crippen LogP contribution in [0.1, 0.15) is 39.0 Å². The minimum atomic E-state index is -0.0999. The van der Waals surface area contributed by atoms with E-state index in [1.807, 2.05) is 43.1 Å². The number of hydrogen-bond donors (Lipinski definition) is 0. The summed E-state index contributed by atoms with van der Waals surface area (Å²) >= 11 is 0. The SMILES string of the molecule is COc1cccc([C@@H](CN2CCN(C(=O)c3cc(C)n(C)n3)CC2)OCc2ccc(C)cc2)c1. The summed E-state index contributed by atoms with van der Waals surface area (Å²) < 4.78 is 13.6. The van der Waals surface area contributed by atoms with E-state index in [2.05, 4.69) is 47.3 Å². The van der Waals surface area contributed by atoms with E-state index >= 15 is 0 Å². The maximum absolute atomic E-state index is 12.9. The standard InChI is InChI=1S/C27H34N4O3/c1-20-8-10-22(11-9-20)19-34-26(23-6-5-7-24(17-23)33-4)18-30-12-14-31(15-13-30)27(32)25-16-21(2)29(3)28-25/h5-11,16-17,26H,12-15,18-19H2,1-4H3/t26-/m1/s1. The zero-order valence-electron chi connectivity index (χ0n) is 20.5. The molecule has 1 aromatic heterocycles. The number of methoxy groups -OCH3 is 1. The maximum Gasteiger partial charge on any atom is 0.274 e. The van der Waals surface area contributed by atoms with E-state index < -0.39 is 0 Å². The quantitative estimate of drug-likeness (QED) is 0.510. The molecule has 4 rings (SSSR count). The number of aromatic nitrogens is 2. The summed E-state index contributed by atoms with van der Waals surface area (Å²) in [5.41, 5.74) is 4.98. The van der Waals surface area contributed by atoms with Gasteiger partial charge in [-0.2, -0.15) is 5.10 Å². The minimum absolute atomic E-state index is 0.00307. The molecule has 1 amide bonds. The highest BCUT2D eigenvalue weighted by molar-refractivity contribution is 5.92. The Balaban J connectivity index is 1.40. The Morgan fingerprint density at radius 1 is 1.03 bits per heavy atom. The van der Waals surface area contributed by atoms with Crippen molar-refractivity contribution in [2.45, 2.75) is 26.6 Å². The van der Waals surface area contributed by atoms with Crippen LogP contribution < -0.4 is 4.74 Å². The Hall–Kier alpha value is -3.16. The van der Waals surface area contributed by atoms with Crippen molar-refractivity contribution in [2.24, 2.45) is 7.05 Å². The Labute approximate surface area is 201 Å². The highest BCUT2D eigenvalue weighted by Crippen LogP contribution is 2.25. The zero-order chi connectivity index (χ0) is 24.1. The number of benzene rings is 2. The Kier molecular flexibility index (Phi) is 7.65. The van der Waals surface area contributed by atoms with Gasteiger partial charge in [0.1, 0.15) is 5.75 Å². The summed E-state index contributed by atoms with van der Waals surface area (Å²) in [7, 11) is 3.54. The predicted octanol–water partition coefficient (Wildman–Crippen LogP) is 3.76. The lowest BCUT2D eigenvalue weighted by atomic mass is 10.1. The number of amides is 1. The summed E-state index contributed by atoms with van der Waals surface area (Å²) in [6.07, 6.45) is -0.0999. The lowest BCUT2D eigenvalue weighted by molar-refractivity contribution is 0.00326. The third kappa shape index (κ3) is 5.85. The van der Waals surface area contributed by atoms with Crippen LogP contribution in [0.15, 0.2) is 54.6 Å². The molecule has 0 spiro atoms. The van der Waals surface area contributed by atoms with Crippen LogP contribution in [0.4, 0.5) is 0 Å². The first kappa shape index (κ1) is 24.0. The van der Waals surface area contributed by atoms with Gasteiger partial charge in [0.15, 0.2) is 5.69 Å². The minimum Gasteiger partial charge on any atom is -0.497 e. The molecule has 2 heterocycles. The van der Waals surface area contributed by atoms with Crippen molar-refractivity contribution in [1.29, 1.82) is 0 Å². The molecule has 3 aromatic rings. The van der Waals surface area contributed by atoms with E-state index in [0.717, 1.165) is 42.2 Å². The second-order valence-electron chi connectivity index (χ2n) is 8.95. The van der Waals surface area contributed by atoms with Gasteiger partial charge in [0.25, 0.3) is 5.91 Å². The molecular weight excluding hydrogens is 428 g/mol. The largest absolute Gasteiger partial charge is 0.497 e. The second kappa shape index (κ2) is 10.8. The number of ether oxygens (including phenoxy) is 2. The molecule has 7 nitrogen and oxygen atoms in total. The fraction of sp³-hybridized carbons (Fsp3) is 0.407. The Morgan fingerprint density at radius 3 is 2.41 bits per heavy atom. The zero-order valence-corrected chi connectivity index (χ0v) is 20.5. The van der Waals surface area contributed by atoms with Crippen LogP contribution in [0.5, 0.6) is 5.75 Å². The van der Waals surface area contributed by atoms with Crippen LogP contribution in [0.3, 0.4) is 0 Å². The number of carbonyl (C=O) groups excluding carboxylic acids is 1. The number of rotatable bonds is 8. The van der Waals surface area contributed by atoms with Crippen molar-refractivity contribution in [1.82, 2.24) is 19.6 Å². The third-order valence-corrected chi connectivity index (χ3v) is 6.45. The van der Waals surface area contributed by atoms with Crippen LogP contribution in [0.2, 0.25) is 0 Å². The van der Waals surface area contributed by atoms with Crippen molar-refractivity contribution in [3.63, 3.8) is 0 Å². The van der Waals surface area contributed by atoms with E-state index in [4.69, 9.17) is 9.47 Å². The van der Waals surface area contributed by atoms with E-state index in [1.54, 1.807) is 11.8 Å². The highest BCUT2D eigenvalue weighted by atomic mass is 16.5. The molecule has 0 saturated carbocycles. The molecule has 0 bridgehead atoms. The van der Waals surface area contributed by atoms with E-state index in [0.29, 0.717) is 25.4 Å². The van der Waals surface area contributed by atoms with Crippen LogP contribution in [0.25, 0.3) is 0 Å². The molecule has 34 heavy (non-hydrogen) atoms. The molecule has 7 heteroatoms. The molecule has 1 saturated heterocycles. The fourth-order valence-corrected chi connectivity index (χ4v) is 4.17. The summed E-state index contributed by atoms with van der Waals surface area (Å²) in [6, 6.07) is 18.4. The van der Waals surface area contributed by atoms with Crippen molar-refractivity contribution < 1.29 is 14.3 Å². The molecule has 1 fully saturated rings. The van der Waals surface area contributed by atoms with Gasteiger partial charge < -0.3 is 14.4 Å². The topological polar surface area (TPSA) is 59.8 Å². The van der Waals surface area contributed by atoms with Crippen molar-refractivity contribution in [3.05, 3.63) is 82.7 Å². The number of carbonyl (C=O) groups is 1. The normalized spacial score (nSPS) is 15.4. The smallest absolute Gasteiger partial charge is 0.274 e. The van der Waals surface area contributed by atoms with Gasteiger partial charge in [-0.1, -0.05) is 42.0 Å². The molecule has 1 atom stereocenters. The molecule has 0 unspecified atom stereocenters. The van der Waals surface area contributed by atoms with Gasteiger partial charge >= 0.3 is 0 Å². The fourth-order valence-electron chi connectivity index (χ4n) is 4.17. The number of nitrogens with zero attached hydrogens (tertiary/aromatic N) is 4. The van der Waals surface area contributed by atoms with Gasteiger partial charge in [0.2, 0.25) is 0 Å².